The molecule has 118 valence electrons. The van der Waals surface area contributed by atoms with Gasteiger partial charge in [0.25, 0.3) is 0 Å². The van der Waals surface area contributed by atoms with Crippen LogP contribution in [0.1, 0.15) is 64.5 Å². The topological polar surface area (TPSA) is 29.3 Å². The first-order valence-corrected chi connectivity index (χ1v) is 8.68. The molecule has 0 aromatic heterocycles. The molecule has 21 heavy (non-hydrogen) atoms. The van der Waals surface area contributed by atoms with Gasteiger partial charge in [-0.15, -0.1) is 0 Å². The number of halogens is 1. The van der Waals surface area contributed by atoms with Crippen LogP contribution < -0.4 is 10.6 Å². The summed E-state index contributed by atoms with van der Waals surface area (Å²) >= 11 is 6.56. The van der Waals surface area contributed by atoms with Gasteiger partial charge in [0.2, 0.25) is 0 Å². The number of hydrogen-bond donors (Lipinski definition) is 1. The quantitative estimate of drug-likeness (QED) is 0.787. The molecule has 0 spiro atoms. The van der Waals surface area contributed by atoms with Gasteiger partial charge in [-0.05, 0) is 49.8 Å². The smallest absolute Gasteiger partial charge is 0.0642 e. The molecule has 0 amide bonds. The fourth-order valence-corrected chi connectivity index (χ4v) is 3.45. The third kappa shape index (κ3) is 4.37. The molecule has 0 saturated heterocycles. The van der Waals surface area contributed by atoms with Crippen molar-refractivity contribution in [1.82, 2.24) is 0 Å². The van der Waals surface area contributed by atoms with Gasteiger partial charge in [-0.2, -0.15) is 0 Å². The summed E-state index contributed by atoms with van der Waals surface area (Å²) in [7, 11) is 0. The molecule has 0 aliphatic heterocycles. The molecule has 1 aromatic rings. The Hall–Kier alpha value is -0.730. The summed E-state index contributed by atoms with van der Waals surface area (Å²) in [5.74, 6) is 0.719. The lowest BCUT2D eigenvalue weighted by Crippen LogP contribution is -2.35. The van der Waals surface area contributed by atoms with Crippen LogP contribution in [-0.4, -0.2) is 12.6 Å². The second-order valence-corrected chi connectivity index (χ2v) is 7.22. The molecule has 1 atom stereocenters. The van der Waals surface area contributed by atoms with Crippen LogP contribution in [0.3, 0.4) is 0 Å². The van der Waals surface area contributed by atoms with Gasteiger partial charge in [0, 0.05) is 18.6 Å². The fourth-order valence-electron chi connectivity index (χ4n) is 3.15. The summed E-state index contributed by atoms with van der Waals surface area (Å²) in [5, 5.41) is 0.848. The van der Waals surface area contributed by atoms with E-state index in [1.165, 1.54) is 37.8 Å². The highest BCUT2D eigenvalue weighted by atomic mass is 35.5. The number of rotatable bonds is 6. The maximum Gasteiger partial charge on any atom is 0.0642 e. The van der Waals surface area contributed by atoms with Crippen molar-refractivity contribution in [3.8, 4) is 0 Å². The van der Waals surface area contributed by atoms with E-state index in [4.69, 9.17) is 17.3 Å². The Labute approximate surface area is 134 Å². The van der Waals surface area contributed by atoms with E-state index in [1.54, 1.807) is 0 Å². The Bertz CT molecular complexity index is 451. The van der Waals surface area contributed by atoms with E-state index in [0.717, 1.165) is 23.0 Å². The van der Waals surface area contributed by atoms with E-state index < -0.39 is 0 Å². The normalized spacial score (nSPS) is 17.4. The Balaban J connectivity index is 2.22. The van der Waals surface area contributed by atoms with Crippen LogP contribution in [0.25, 0.3) is 0 Å². The lowest BCUT2D eigenvalue weighted by molar-refractivity contribution is 0.528. The third-order valence-electron chi connectivity index (χ3n) is 4.52. The van der Waals surface area contributed by atoms with Gasteiger partial charge in [0.05, 0.1) is 10.7 Å². The third-order valence-corrected chi connectivity index (χ3v) is 4.82. The van der Waals surface area contributed by atoms with Crippen LogP contribution in [-0.2, 0) is 0 Å². The summed E-state index contributed by atoms with van der Waals surface area (Å²) in [6.07, 6.45) is 6.49. The second kappa shape index (κ2) is 7.51. The van der Waals surface area contributed by atoms with Gasteiger partial charge in [0.1, 0.15) is 0 Å². The predicted molar refractivity (Wildman–Crippen MR) is 93.1 cm³/mol. The number of nitrogens with zero attached hydrogens (tertiary/aromatic N) is 1. The van der Waals surface area contributed by atoms with Crippen LogP contribution >= 0.6 is 11.6 Å². The molecule has 1 fully saturated rings. The van der Waals surface area contributed by atoms with Gasteiger partial charge in [-0.3, -0.25) is 0 Å². The minimum absolute atomic E-state index is 0.0344. The maximum absolute atomic E-state index is 6.56. The number of benzene rings is 1. The zero-order valence-electron chi connectivity index (χ0n) is 13.6. The average molecular weight is 309 g/mol. The van der Waals surface area contributed by atoms with Gasteiger partial charge < -0.3 is 10.6 Å². The molecule has 0 bridgehead atoms. The Morgan fingerprint density at radius 3 is 2.43 bits per heavy atom. The Morgan fingerprint density at radius 2 is 1.90 bits per heavy atom. The van der Waals surface area contributed by atoms with E-state index in [9.17, 15) is 0 Å². The highest BCUT2D eigenvalue weighted by Gasteiger charge is 2.24. The van der Waals surface area contributed by atoms with Crippen molar-refractivity contribution in [1.29, 1.82) is 0 Å². The van der Waals surface area contributed by atoms with E-state index in [2.05, 4.69) is 30.9 Å². The van der Waals surface area contributed by atoms with Crippen molar-refractivity contribution < 1.29 is 0 Å². The van der Waals surface area contributed by atoms with Crippen molar-refractivity contribution in [3.63, 3.8) is 0 Å². The summed E-state index contributed by atoms with van der Waals surface area (Å²) < 4.78 is 0. The molecular formula is C18H29ClN2. The summed E-state index contributed by atoms with van der Waals surface area (Å²) in [5.41, 5.74) is 8.26. The highest BCUT2D eigenvalue weighted by molar-refractivity contribution is 6.33. The molecule has 1 aromatic carbocycles. The van der Waals surface area contributed by atoms with Crippen molar-refractivity contribution in [2.45, 2.75) is 65.0 Å². The number of hydrogen-bond acceptors (Lipinski definition) is 2. The predicted octanol–water partition coefficient (Wildman–Crippen LogP) is 5.15. The SMILES string of the molecule is CC(C)CCN(c1ccc([C@H](C)N)cc1Cl)C1CCCC1. The van der Waals surface area contributed by atoms with Gasteiger partial charge >= 0.3 is 0 Å². The van der Waals surface area contributed by atoms with Crippen LogP contribution in [0.15, 0.2) is 18.2 Å². The molecule has 2 nitrogen and oxygen atoms in total. The van der Waals surface area contributed by atoms with Crippen molar-refractivity contribution in [3.05, 3.63) is 28.8 Å². The summed E-state index contributed by atoms with van der Waals surface area (Å²) in [6.45, 7) is 7.67. The molecule has 2 N–H and O–H groups in total. The minimum atomic E-state index is 0.0344. The van der Waals surface area contributed by atoms with Crippen molar-refractivity contribution >= 4 is 17.3 Å². The average Bonchev–Trinajstić information content (AvgIpc) is 2.94. The molecular weight excluding hydrogens is 280 g/mol. The van der Waals surface area contributed by atoms with E-state index in [-0.39, 0.29) is 6.04 Å². The van der Waals surface area contributed by atoms with E-state index in [0.29, 0.717) is 6.04 Å². The fraction of sp³-hybridized carbons (Fsp3) is 0.667. The lowest BCUT2D eigenvalue weighted by Gasteiger charge is -2.33. The zero-order chi connectivity index (χ0) is 15.4. The molecule has 1 aliphatic rings. The number of anilines is 1. The molecule has 3 heteroatoms. The van der Waals surface area contributed by atoms with Gasteiger partial charge in [-0.25, -0.2) is 0 Å². The van der Waals surface area contributed by atoms with Crippen molar-refractivity contribution in [2.75, 3.05) is 11.4 Å². The minimum Gasteiger partial charge on any atom is -0.367 e. The van der Waals surface area contributed by atoms with Crippen LogP contribution in [0.5, 0.6) is 0 Å². The highest BCUT2D eigenvalue weighted by Crippen LogP contribution is 2.34. The lowest BCUT2D eigenvalue weighted by atomic mass is 10.1. The van der Waals surface area contributed by atoms with Crippen LogP contribution in [0, 0.1) is 5.92 Å². The first-order valence-electron chi connectivity index (χ1n) is 8.30. The Morgan fingerprint density at radius 1 is 1.24 bits per heavy atom. The first-order chi connectivity index (χ1) is 9.99. The monoisotopic (exact) mass is 308 g/mol. The largest absolute Gasteiger partial charge is 0.367 e. The van der Waals surface area contributed by atoms with Gasteiger partial charge in [0.15, 0.2) is 0 Å². The molecule has 0 heterocycles. The molecule has 1 aliphatic carbocycles. The summed E-state index contributed by atoms with van der Waals surface area (Å²) in [4.78, 5) is 2.54. The molecule has 0 unspecified atom stereocenters. The van der Waals surface area contributed by atoms with E-state index >= 15 is 0 Å². The van der Waals surface area contributed by atoms with Gasteiger partial charge in [-0.1, -0.05) is 44.4 Å². The molecule has 0 radical (unpaired) electrons. The first kappa shape index (κ1) is 16.6. The Kier molecular flexibility index (Phi) is 5.95. The summed E-state index contributed by atoms with van der Waals surface area (Å²) in [6, 6.07) is 7.02. The maximum atomic E-state index is 6.56. The zero-order valence-corrected chi connectivity index (χ0v) is 14.4. The van der Waals surface area contributed by atoms with E-state index in [1.807, 2.05) is 13.0 Å². The second-order valence-electron chi connectivity index (χ2n) is 6.81. The standard InChI is InChI=1S/C18H29ClN2/c1-13(2)10-11-21(16-6-4-5-7-16)18-9-8-15(14(3)20)12-17(18)19/h8-9,12-14,16H,4-7,10-11,20H2,1-3H3/t14-/m0/s1. The molecule has 2 rings (SSSR count). The van der Waals surface area contributed by atoms with Crippen molar-refractivity contribution in [2.24, 2.45) is 11.7 Å². The molecule has 1 saturated carbocycles. The van der Waals surface area contributed by atoms with Crippen LogP contribution in [0.2, 0.25) is 5.02 Å². The number of nitrogens with two attached hydrogens (primary N) is 1. The van der Waals surface area contributed by atoms with Crippen LogP contribution in [0.4, 0.5) is 5.69 Å².